The first-order chi connectivity index (χ1) is 16.6. The Bertz CT molecular complexity index is 975. The van der Waals surface area contributed by atoms with Crippen molar-refractivity contribution in [2.24, 2.45) is 17.8 Å². The Morgan fingerprint density at radius 2 is 1.71 bits per heavy atom. The van der Waals surface area contributed by atoms with Gasteiger partial charge in [0.15, 0.2) is 0 Å². The number of amides is 3. The Morgan fingerprint density at radius 1 is 0.912 bits per heavy atom. The van der Waals surface area contributed by atoms with Crippen LogP contribution in [0.3, 0.4) is 0 Å². The summed E-state index contributed by atoms with van der Waals surface area (Å²) in [5.41, 5.74) is 3.05. The van der Waals surface area contributed by atoms with Crippen LogP contribution in [0.5, 0.6) is 0 Å². The summed E-state index contributed by atoms with van der Waals surface area (Å²) in [5.74, 6) is 1.77. The van der Waals surface area contributed by atoms with Crippen molar-refractivity contribution in [1.82, 2.24) is 15.5 Å². The lowest BCUT2D eigenvalue weighted by molar-refractivity contribution is -0.136. The molecule has 3 unspecified atom stereocenters. The molecule has 1 saturated heterocycles. The lowest BCUT2D eigenvalue weighted by atomic mass is 9.78. The first-order valence-electron chi connectivity index (χ1n) is 13.6. The third-order valence-corrected chi connectivity index (χ3v) is 9.48. The van der Waals surface area contributed by atoms with Crippen LogP contribution in [0.15, 0.2) is 18.2 Å². The van der Waals surface area contributed by atoms with Crippen LogP contribution in [0.25, 0.3) is 0 Å². The fraction of sp³-hybridized carbons (Fsp3) is 0.679. The van der Waals surface area contributed by atoms with E-state index in [0.29, 0.717) is 36.9 Å². The molecule has 6 nitrogen and oxygen atoms in total. The highest BCUT2D eigenvalue weighted by Crippen LogP contribution is 2.43. The van der Waals surface area contributed by atoms with Gasteiger partial charge >= 0.3 is 0 Å². The third-order valence-electron chi connectivity index (χ3n) is 9.48. The molecular formula is C28H37N3O3. The van der Waals surface area contributed by atoms with Crippen LogP contribution < -0.4 is 10.6 Å². The fourth-order valence-corrected chi connectivity index (χ4v) is 7.71. The van der Waals surface area contributed by atoms with Crippen molar-refractivity contribution < 1.29 is 14.4 Å². The molecule has 5 atom stereocenters. The van der Waals surface area contributed by atoms with Crippen molar-refractivity contribution in [1.29, 1.82) is 0 Å². The van der Waals surface area contributed by atoms with E-state index in [-0.39, 0.29) is 17.7 Å². The molecule has 2 N–H and O–H groups in total. The molecule has 6 rings (SSSR count). The summed E-state index contributed by atoms with van der Waals surface area (Å²) in [4.78, 5) is 38.5. The minimum Gasteiger partial charge on any atom is -0.322 e. The van der Waals surface area contributed by atoms with Crippen molar-refractivity contribution in [2.75, 3.05) is 0 Å². The van der Waals surface area contributed by atoms with Gasteiger partial charge in [0.25, 0.3) is 5.91 Å². The molecule has 6 heteroatoms. The number of fused-ring (bicyclic) bond motifs is 3. The summed E-state index contributed by atoms with van der Waals surface area (Å²) in [5, 5.41) is 6.56. The van der Waals surface area contributed by atoms with Gasteiger partial charge in [0, 0.05) is 30.6 Å². The second kappa shape index (κ2) is 9.10. The first kappa shape index (κ1) is 22.3. The number of hydrogen-bond donors (Lipinski definition) is 2. The van der Waals surface area contributed by atoms with Gasteiger partial charge in [0.05, 0.1) is 0 Å². The van der Waals surface area contributed by atoms with E-state index < -0.39 is 6.04 Å². The monoisotopic (exact) mass is 463 g/mol. The normalized spacial score (nSPS) is 35.4. The van der Waals surface area contributed by atoms with Gasteiger partial charge in [-0.05, 0) is 86.3 Å². The lowest BCUT2D eigenvalue weighted by Gasteiger charge is -2.39. The summed E-state index contributed by atoms with van der Waals surface area (Å²) in [6.07, 6.45) is 14.0. The second-order valence-electron chi connectivity index (χ2n) is 11.5. The van der Waals surface area contributed by atoms with Crippen LogP contribution >= 0.6 is 0 Å². The van der Waals surface area contributed by atoms with E-state index in [4.69, 9.17) is 0 Å². The summed E-state index contributed by atoms with van der Waals surface area (Å²) < 4.78 is 0. The lowest BCUT2D eigenvalue weighted by Crippen LogP contribution is -2.52. The Balaban J connectivity index is 1.14. The van der Waals surface area contributed by atoms with E-state index in [2.05, 4.69) is 22.8 Å². The largest absolute Gasteiger partial charge is 0.322 e. The minimum atomic E-state index is -0.543. The quantitative estimate of drug-likeness (QED) is 0.653. The van der Waals surface area contributed by atoms with Crippen LogP contribution in [0.4, 0.5) is 0 Å². The molecule has 2 aliphatic heterocycles. The highest BCUT2D eigenvalue weighted by atomic mass is 16.2. The fourth-order valence-electron chi connectivity index (χ4n) is 7.71. The molecule has 0 radical (unpaired) electrons. The predicted octanol–water partition coefficient (Wildman–Crippen LogP) is 3.72. The van der Waals surface area contributed by atoms with Gasteiger partial charge in [-0.1, -0.05) is 31.4 Å². The maximum atomic E-state index is 13.0. The Hall–Kier alpha value is -2.21. The van der Waals surface area contributed by atoms with E-state index in [0.717, 1.165) is 29.9 Å². The van der Waals surface area contributed by atoms with E-state index in [1.54, 1.807) is 4.90 Å². The molecule has 182 valence electrons. The minimum absolute atomic E-state index is 0.0824. The molecule has 0 spiro atoms. The zero-order valence-electron chi connectivity index (χ0n) is 20.1. The van der Waals surface area contributed by atoms with E-state index in [1.807, 2.05) is 6.07 Å². The summed E-state index contributed by atoms with van der Waals surface area (Å²) in [7, 11) is 0. The molecule has 34 heavy (non-hydrogen) atoms. The molecule has 0 aromatic heterocycles. The number of nitrogens with zero attached hydrogens (tertiary/aromatic N) is 1. The van der Waals surface area contributed by atoms with E-state index in [9.17, 15) is 14.4 Å². The smallest absolute Gasteiger partial charge is 0.255 e. The molecule has 3 saturated carbocycles. The van der Waals surface area contributed by atoms with Crippen molar-refractivity contribution in [2.45, 2.75) is 102 Å². The molecule has 2 heterocycles. The molecule has 4 fully saturated rings. The van der Waals surface area contributed by atoms with Crippen molar-refractivity contribution in [3.8, 4) is 0 Å². The highest BCUT2D eigenvalue weighted by Gasteiger charge is 2.41. The molecule has 3 aliphatic carbocycles. The van der Waals surface area contributed by atoms with Crippen LogP contribution in [0.2, 0.25) is 0 Å². The zero-order chi connectivity index (χ0) is 23.2. The SMILES string of the molecule is O=C1CCC(N2Cc3cc(C[C@H]4CCCC[C@@H]4NC4C5CCCC4CC5)ccc3C2=O)C(=O)N1. The number of piperidine rings is 1. The summed E-state index contributed by atoms with van der Waals surface area (Å²) in [6, 6.07) is 7.09. The first-order valence-corrected chi connectivity index (χ1v) is 13.6. The number of imide groups is 1. The van der Waals surface area contributed by atoms with Crippen LogP contribution in [0.1, 0.15) is 92.1 Å². The Morgan fingerprint density at radius 3 is 2.50 bits per heavy atom. The standard InChI is InChI=1S/C28H37N3O3/c32-25-13-12-24(27(33)30-25)31-16-21-15-17(8-11-22(21)28(31)34)14-20-4-1-2-7-23(20)29-26-18-5-3-6-19(26)10-9-18/h8,11,15,18-20,23-24,26,29H,1-7,9-10,12-14,16H2,(H,30,32,33)/t18?,19?,20-,23+,24?,26?/m1/s1. The second-order valence-corrected chi connectivity index (χ2v) is 11.5. The number of carbonyl (C=O) groups is 3. The van der Waals surface area contributed by atoms with Crippen LogP contribution in [0, 0.1) is 17.8 Å². The van der Waals surface area contributed by atoms with Crippen molar-refractivity contribution in [3.05, 3.63) is 34.9 Å². The number of nitrogens with one attached hydrogen (secondary N) is 2. The molecule has 1 aromatic carbocycles. The van der Waals surface area contributed by atoms with E-state index in [1.165, 1.54) is 63.4 Å². The van der Waals surface area contributed by atoms with Gasteiger partial charge in [-0.25, -0.2) is 0 Å². The molecule has 3 amide bonds. The number of rotatable bonds is 5. The molecule has 5 aliphatic rings. The molecule has 2 bridgehead atoms. The maximum Gasteiger partial charge on any atom is 0.255 e. The zero-order valence-corrected chi connectivity index (χ0v) is 20.1. The van der Waals surface area contributed by atoms with Gasteiger partial charge in [0.2, 0.25) is 11.8 Å². The van der Waals surface area contributed by atoms with Crippen LogP contribution in [-0.4, -0.2) is 40.7 Å². The average molecular weight is 464 g/mol. The topological polar surface area (TPSA) is 78.5 Å². The van der Waals surface area contributed by atoms with Crippen molar-refractivity contribution >= 4 is 17.7 Å². The number of benzene rings is 1. The Labute approximate surface area is 202 Å². The van der Waals surface area contributed by atoms with Gasteiger partial charge < -0.3 is 10.2 Å². The summed E-state index contributed by atoms with van der Waals surface area (Å²) in [6.45, 7) is 0.464. The van der Waals surface area contributed by atoms with Gasteiger partial charge in [-0.15, -0.1) is 0 Å². The van der Waals surface area contributed by atoms with E-state index >= 15 is 0 Å². The van der Waals surface area contributed by atoms with Gasteiger partial charge in [0.1, 0.15) is 6.04 Å². The number of carbonyl (C=O) groups excluding carboxylic acids is 3. The Kier molecular flexibility index (Phi) is 5.96. The van der Waals surface area contributed by atoms with Crippen LogP contribution in [-0.2, 0) is 22.6 Å². The summed E-state index contributed by atoms with van der Waals surface area (Å²) >= 11 is 0. The third kappa shape index (κ3) is 4.08. The maximum absolute atomic E-state index is 13.0. The van der Waals surface area contributed by atoms with Crippen molar-refractivity contribution in [3.63, 3.8) is 0 Å². The number of hydrogen-bond acceptors (Lipinski definition) is 4. The van der Waals surface area contributed by atoms with Gasteiger partial charge in [-0.3, -0.25) is 19.7 Å². The molecular weight excluding hydrogens is 426 g/mol. The highest BCUT2D eigenvalue weighted by molar-refractivity contribution is 6.05. The molecule has 1 aromatic rings. The van der Waals surface area contributed by atoms with Gasteiger partial charge in [-0.2, -0.15) is 0 Å². The predicted molar refractivity (Wildman–Crippen MR) is 129 cm³/mol. The average Bonchev–Trinajstić information content (AvgIpc) is 3.24.